The second kappa shape index (κ2) is 5.28. The third kappa shape index (κ3) is 2.78. The van der Waals surface area contributed by atoms with Crippen LogP contribution >= 0.6 is 0 Å². The van der Waals surface area contributed by atoms with Gasteiger partial charge in [0.2, 0.25) is 0 Å². The number of rotatable bonds is 5. The summed E-state index contributed by atoms with van der Waals surface area (Å²) in [6.45, 7) is 0.343. The molecule has 0 amide bonds. The van der Waals surface area contributed by atoms with Crippen LogP contribution in [0.2, 0.25) is 0 Å². The lowest BCUT2D eigenvalue weighted by Crippen LogP contribution is -2.41. The summed E-state index contributed by atoms with van der Waals surface area (Å²) >= 11 is 0. The largest absolute Gasteiger partial charge is 0.481 e. The Morgan fingerprint density at radius 3 is 2.58 bits per heavy atom. The number of sulfone groups is 1. The number of ether oxygens (including phenoxy) is 1. The Labute approximate surface area is 111 Å². The number of benzene rings is 1. The highest BCUT2D eigenvalue weighted by atomic mass is 32.2. The zero-order valence-corrected chi connectivity index (χ0v) is 11.0. The first-order valence-corrected chi connectivity index (χ1v) is 7.35. The molecule has 1 heterocycles. The smallest absolute Gasteiger partial charge is 0.305 e. The Morgan fingerprint density at radius 2 is 2.05 bits per heavy atom. The number of hydrogen-bond donors (Lipinski definition) is 2. The zero-order chi connectivity index (χ0) is 14.0. The fourth-order valence-electron chi connectivity index (χ4n) is 1.92. The summed E-state index contributed by atoms with van der Waals surface area (Å²) in [5.74, 6) is -1.06. The molecule has 0 spiro atoms. The predicted molar refractivity (Wildman–Crippen MR) is 67.4 cm³/mol. The van der Waals surface area contributed by atoms with Gasteiger partial charge in [0.25, 0.3) is 0 Å². The second-order valence-electron chi connectivity index (χ2n) is 4.45. The quantitative estimate of drug-likeness (QED) is 0.807. The number of nitrogens with two attached hydrogens (primary N) is 1. The van der Waals surface area contributed by atoms with Crippen molar-refractivity contribution in [3.63, 3.8) is 0 Å². The molecule has 19 heavy (non-hydrogen) atoms. The van der Waals surface area contributed by atoms with E-state index in [0.717, 1.165) is 0 Å². The average Bonchev–Trinajstić information content (AvgIpc) is 2.25. The first-order valence-electron chi connectivity index (χ1n) is 5.81. The third-order valence-electron chi connectivity index (χ3n) is 3.07. The van der Waals surface area contributed by atoms with Gasteiger partial charge in [-0.15, -0.1) is 0 Å². The molecule has 1 atom stereocenters. The molecule has 1 saturated heterocycles. The Balaban J connectivity index is 2.38. The molecule has 6 nitrogen and oxygen atoms in total. The van der Waals surface area contributed by atoms with Crippen LogP contribution < -0.4 is 5.73 Å². The van der Waals surface area contributed by atoms with Gasteiger partial charge in [-0.25, -0.2) is 8.42 Å². The van der Waals surface area contributed by atoms with Crippen LogP contribution in [0, 0.1) is 0 Å². The maximum atomic E-state index is 12.3. The first kappa shape index (κ1) is 14.0. The number of carboxylic acid groups (broad SMARTS) is 1. The van der Waals surface area contributed by atoms with Crippen molar-refractivity contribution >= 4 is 15.8 Å². The lowest BCUT2D eigenvalue weighted by atomic mass is 10.1. The standard InChI is InChI=1S/C12H15NO5S/c13-10(5-12(14)15)9-3-1-2-4-11(9)19(16,17)8-6-18-7-8/h1-4,8,10H,5-7,13H2,(H,14,15). The van der Waals surface area contributed by atoms with E-state index < -0.39 is 27.1 Å². The predicted octanol–water partition coefficient (Wildman–Crippen LogP) is 0.334. The molecule has 1 aliphatic heterocycles. The highest BCUT2D eigenvalue weighted by Gasteiger charge is 2.36. The Hall–Kier alpha value is -1.44. The lowest BCUT2D eigenvalue weighted by Gasteiger charge is -2.27. The molecular formula is C12H15NO5S. The van der Waals surface area contributed by atoms with E-state index in [-0.39, 0.29) is 24.5 Å². The van der Waals surface area contributed by atoms with Crippen molar-refractivity contribution in [2.24, 2.45) is 5.73 Å². The Kier molecular flexibility index (Phi) is 3.88. The maximum Gasteiger partial charge on any atom is 0.305 e. The van der Waals surface area contributed by atoms with E-state index in [0.29, 0.717) is 5.56 Å². The molecule has 1 aromatic carbocycles. The van der Waals surface area contributed by atoms with Crippen molar-refractivity contribution in [1.29, 1.82) is 0 Å². The van der Waals surface area contributed by atoms with Crippen molar-refractivity contribution in [3.8, 4) is 0 Å². The average molecular weight is 285 g/mol. The van der Waals surface area contributed by atoms with Gasteiger partial charge in [0.1, 0.15) is 5.25 Å². The van der Waals surface area contributed by atoms with Gasteiger partial charge in [-0.3, -0.25) is 4.79 Å². The summed E-state index contributed by atoms with van der Waals surface area (Å²) in [7, 11) is -3.51. The van der Waals surface area contributed by atoms with Crippen LogP contribution in [-0.4, -0.2) is 38.0 Å². The molecule has 2 rings (SSSR count). The summed E-state index contributed by atoms with van der Waals surface area (Å²) in [6.07, 6.45) is -0.312. The van der Waals surface area contributed by atoms with Crippen LogP contribution in [0.4, 0.5) is 0 Å². The van der Waals surface area contributed by atoms with Gasteiger partial charge >= 0.3 is 5.97 Å². The van der Waals surface area contributed by atoms with Gasteiger partial charge in [0.05, 0.1) is 24.5 Å². The first-order chi connectivity index (χ1) is 8.93. The van der Waals surface area contributed by atoms with Crippen LogP contribution in [-0.2, 0) is 19.4 Å². The van der Waals surface area contributed by atoms with Gasteiger partial charge < -0.3 is 15.6 Å². The molecule has 0 radical (unpaired) electrons. The summed E-state index contributed by atoms with van der Waals surface area (Å²) in [5.41, 5.74) is 6.12. The minimum absolute atomic E-state index is 0.108. The van der Waals surface area contributed by atoms with Crippen molar-refractivity contribution in [3.05, 3.63) is 29.8 Å². The maximum absolute atomic E-state index is 12.3. The fraction of sp³-hybridized carbons (Fsp3) is 0.417. The Bertz CT molecular complexity index is 580. The zero-order valence-electron chi connectivity index (χ0n) is 10.2. The Morgan fingerprint density at radius 1 is 1.42 bits per heavy atom. The second-order valence-corrected chi connectivity index (χ2v) is 6.64. The number of carbonyl (C=O) groups is 1. The van der Waals surface area contributed by atoms with Gasteiger partial charge in [-0.2, -0.15) is 0 Å². The summed E-state index contributed by atoms with van der Waals surface area (Å²) in [6, 6.07) is 5.42. The molecule has 0 aromatic heterocycles. The monoisotopic (exact) mass is 285 g/mol. The number of carboxylic acids is 1. The molecular weight excluding hydrogens is 270 g/mol. The molecule has 0 bridgehead atoms. The fourth-order valence-corrected chi connectivity index (χ4v) is 3.64. The van der Waals surface area contributed by atoms with Crippen LogP contribution in [0.15, 0.2) is 29.2 Å². The van der Waals surface area contributed by atoms with E-state index in [1.54, 1.807) is 18.2 Å². The number of aliphatic carboxylic acids is 1. The van der Waals surface area contributed by atoms with Crippen LogP contribution in [0.1, 0.15) is 18.0 Å². The highest BCUT2D eigenvalue weighted by Crippen LogP contribution is 2.28. The molecule has 0 aliphatic carbocycles. The van der Waals surface area contributed by atoms with Gasteiger partial charge in [0, 0.05) is 6.04 Å². The molecule has 1 fully saturated rings. The van der Waals surface area contributed by atoms with E-state index in [1.165, 1.54) is 6.07 Å². The molecule has 1 unspecified atom stereocenters. The lowest BCUT2D eigenvalue weighted by molar-refractivity contribution is -0.137. The van der Waals surface area contributed by atoms with Gasteiger partial charge in [-0.05, 0) is 11.6 Å². The van der Waals surface area contributed by atoms with Crippen molar-refractivity contribution in [2.75, 3.05) is 13.2 Å². The molecule has 1 aliphatic rings. The normalized spacial score (nSPS) is 17.7. The molecule has 3 N–H and O–H groups in total. The van der Waals surface area contributed by atoms with Crippen molar-refractivity contribution in [2.45, 2.75) is 22.6 Å². The van der Waals surface area contributed by atoms with E-state index in [9.17, 15) is 13.2 Å². The van der Waals surface area contributed by atoms with Crippen LogP contribution in [0.25, 0.3) is 0 Å². The summed E-state index contributed by atoms with van der Waals surface area (Å²) in [4.78, 5) is 10.8. The minimum Gasteiger partial charge on any atom is -0.481 e. The van der Waals surface area contributed by atoms with Gasteiger partial charge in [0.15, 0.2) is 9.84 Å². The minimum atomic E-state index is -3.51. The van der Waals surface area contributed by atoms with Crippen LogP contribution in [0.3, 0.4) is 0 Å². The van der Waals surface area contributed by atoms with E-state index >= 15 is 0 Å². The molecule has 1 aromatic rings. The van der Waals surface area contributed by atoms with E-state index in [4.69, 9.17) is 15.6 Å². The summed E-state index contributed by atoms with van der Waals surface area (Å²) < 4.78 is 29.6. The van der Waals surface area contributed by atoms with E-state index in [2.05, 4.69) is 0 Å². The highest BCUT2D eigenvalue weighted by molar-refractivity contribution is 7.92. The van der Waals surface area contributed by atoms with Gasteiger partial charge in [-0.1, -0.05) is 18.2 Å². The van der Waals surface area contributed by atoms with Crippen molar-refractivity contribution < 1.29 is 23.1 Å². The van der Waals surface area contributed by atoms with Crippen LogP contribution in [0.5, 0.6) is 0 Å². The molecule has 104 valence electrons. The topological polar surface area (TPSA) is 107 Å². The third-order valence-corrected chi connectivity index (χ3v) is 5.20. The SMILES string of the molecule is NC(CC(=O)O)c1ccccc1S(=O)(=O)C1COC1. The summed E-state index contributed by atoms with van der Waals surface area (Å²) in [5, 5.41) is 8.19. The van der Waals surface area contributed by atoms with E-state index in [1.807, 2.05) is 0 Å². The molecule has 7 heteroatoms. The van der Waals surface area contributed by atoms with Crippen molar-refractivity contribution in [1.82, 2.24) is 0 Å². The number of hydrogen-bond acceptors (Lipinski definition) is 5. The molecule has 0 saturated carbocycles.